The quantitative estimate of drug-likeness (QED) is 0.688. The molecule has 0 spiro atoms. The Morgan fingerprint density at radius 3 is 2.35 bits per heavy atom. The van der Waals surface area contributed by atoms with Gasteiger partial charge in [0.15, 0.2) is 0 Å². The average Bonchev–Trinajstić information content (AvgIpc) is 2.35. The third kappa shape index (κ3) is 3.57. The van der Waals surface area contributed by atoms with Gasteiger partial charge in [-0.05, 0) is 38.1 Å². The predicted molar refractivity (Wildman–Crippen MR) is 75.5 cm³/mol. The van der Waals surface area contributed by atoms with Crippen LogP contribution in [0.1, 0.15) is 25.1 Å². The maximum atomic E-state index is 6.14. The molecule has 0 atom stereocenters. The lowest BCUT2D eigenvalue weighted by Crippen LogP contribution is -1.87. The van der Waals surface area contributed by atoms with Gasteiger partial charge in [0.05, 0.1) is 5.69 Å². The predicted octanol–water partition coefficient (Wildman–Crippen LogP) is 5.05. The monoisotopic (exact) mass is 247 g/mol. The van der Waals surface area contributed by atoms with E-state index in [4.69, 9.17) is 11.6 Å². The van der Waals surface area contributed by atoms with E-state index in [1.807, 2.05) is 51.1 Å². The average molecular weight is 248 g/mol. The Kier molecular flexibility index (Phi) is 5.17. The summed E-state index contributed by atoms with van der Waals surface area (Å²) in [5, 5.41) is 0.749. The van der Waals surface area contributed by atoms with Gasteiger partial charge in [0.25, 0.3) is 0 Å². The first-order chi connectivity index (χ1) is 8.16. The summed E-state index contributed by atoms with van der Waals surface area (Å²) in [6, 6.07) is 11.9. The highest BCUT2D eigenvalue weighted by molar-refractivity contribution is 6.33. The molecule has 0 unspecified atom stereocenters. The fraction of sp³-hybridized carbons (Fsp3) is 0.267. The van der Waals surface area contributed by atoms with E-state index in [1.165, 1.54) is 5.56 Å². The Morgan fingerprint density at radius 1 is 1.00 bits per heavy atom. The summed E-state index contributed by atoms with van der Waals surface area (Å²) < 4.78 is 0. The van der Waals surface area contributed by atoms with Crippen LogP contribution in [0.3, 0.4) is 0 Å². The molecule has 0 amide bonds. The lowest BCUT2D eigenvalue weighted by molar-refractivity contribution is 1.20. The van der Waals surface area contributed by atoms with Gasteiger partial charge < -0.3 is 0 Å². The molecular formula is C15H18ClN. The third-order valence-electron chi connectivity index (χ3n) is 2.29. The lowest BCUT2D eigenvalue weighted by atomic mass is 10.1. The number of hydrogen-bond acceptors (Lipinski definition) is 1. The maximum absolute atomic E-state index is 6.14. The van der Waals surface area contributed by atoms with E-state index in [2.05, 4.69) is 18.0 Å². The topological polar surface area (TPSA) is 12.9 Å². The van der Waals surface area contributed by atoms with Crippen LogP contribution in [0.15, 0.2) is 36.4 Å². The van der Waals surface area contributed by atoms with Crippen molar-refractivity contribution in [1.82, 2.24) is 4.98 Å². The van der Waals surface area contributed by atoms with Gasteiger partial charge in [-0.1, -0.05) is 43.1 Å². The van der Waals surface area contributed by atoms with Gasteiger partial charge in [0, 0.05) is 16.3 Å². The van der Waals surface area contributed by atoms with E-state index >= 15 is 0 Å². The molecule has 1 nitrogen and oxygen atoms in total. The van der Waals surface area contributed by atoms with Crippen LogP contribution in [0, 0.1) is 13.8 Å². The minimum Gasteiger partial charge on any atom is -0.253 e. The summed E-state index contributed by atoms with van der Waals surface area (Å²) in [5.74, 6) is 0. The van der Waals surface area contributed by atoms with Crippen molar-refractivity contribution in [2.75, 3.05) is 0 Å². The molecule has 90 valence electrons. The Morgan fingerprint density at radius 2 is 1.71 bits per heavy atom. The zero-order valence-electron chi connectivity index (χ0n) is 10.8. The van der Waals surface area contributed by atoms with Crippen molar-refractivity contribution in [3.63, 3.8) is 0 Å². The molecule has 0 N–H and O–H groups in total. The van der Waals surface area contributed by atoms with Crippen LogP contribution in [0.4, 0.5) is 0 Å². The zero-order chi connectivity index (χ0) is 12.8. The number of benzene rings is 1. The smallest absolute Gasteiger partial charge is 0.0720 e. The summed E-state index contributed by atoms with van der Waals surface area (Å²) in [6.45, 7) is 8.03. The fourth-order valence-electron chi connectivity index (χ4n) is 1.53. The number of nitrogens with zero attached hydrogens (tertiary/aromatic N) is 1. The second-order valence-corrected chi connectivity index (χ2v) is 4.05. The first-order valence-corrected chi connectivity index (χ1v) is 6.25. The van der Waals surface area contributed by atoms with Crippen LogP contribution in [0.25, 0.3) is 11.3 Å². The van der Waals surface area contributed by atoms with Crippen molar-refractivity contribution in [3.05, 3.63) is 52.7 Å². The van der Waals surface area contributed by atoms with Crippen molar-refractivity contribution in [3.8, 4) is 11.3 Å². The second-order valence-electron chi connectivity index (χ2n) is 3.65. The SMILES string of the molecule is CC.Cc1ccc(Cl)c(-c2cccc(C)n2)c1. The van der Waals surface area contributed by atoms with Gasteiger partial charge in [0.2, 0.25) is 0 Å². The molecule has 0 fully saturated rings. The Bertz CT molecular complexity index is 492. The van der Waals surface area contributed by atoms with Crippen molar-refractivity contribution in [2.24, 2.45) is 0 Å². The van der Waals surface area contributed by atoms with E-state index in [0.29, 0.717) is 0 Å². The molecule has 0 saturated carbocycles. The largest absolute Gasteiger partial charge is 0.253 e. The molecular weight excluding hydrogens is 230 g/mol. The van der Waals surface area contributed by atoms with E-state index in [1.54, 1.807) is 0 Å². The lowest BCUT2D eigenvalue weighted by Gasteiger charge is -2.05. The molecule has 0 bridgehead atoms. The molecule has 2 aromatic rings. The summed E-state index contributed by atoms with van der Waals surface area (Å²) >= 11 is 6.14. The molecule has 0 radical (unpaired) electrons. The second kappa shape index (κ2) is 6.41. The summed E-state index contributed by atoms with van der Waals surface area (Å²) in [7, 11) is 0. The van der Waals surface area contributed by atoms with Crippen LogP contribution in [-0.2, 0) is 0 Å². The van der Waals surface area contributed by atoms with Crippen LogP contribution < -0.4 is 0 Å². The highest BCUT2D eigenvalue weighted by Gasteiger charge is 2.04. The van der Waals surface area contributed by atoms with Gasteiger partial charge in [-0.15, -0.1) is 0 Å². The molecule has 2 heteroatoms. The third-order valence-corrected chi connectivity index (χ3v) is 2.62. The van der Waals surface area contributed by atoms with E-state index in [9.17, 15) is 0 Å². The standard InChI is InChI=1S/C13H12ClN.C2H6/c1-9-6-7-12(14)11(8-9)13-5-3-4-10(2)15-13;1-2/h3-8H,1-2H3;1-2H3. The van der Waals surface area contributed by atoms with Crippen LogP contribution in [0.5, 0.6) is 0 Å². The summed E-state index contributed by atoms with van der Waals surface area (Å²) in [6.07, 6.45) is 0. The first kappa shape index (κ1) is 13.7. The zero-order valence-corrected chi connectivity index (χ0v) is 11.5. The molecule has 0 aliphatic heterocycles. The van der Waals surface area contributed by atoms with Gasteiger partial charge in [-0.3, -0.25) is 4.98 Å². The number of rotatable bonds is 1. The number of pyridine rings is 1. The Labute approximate surface area is 108 Å². The molecule has 0 saturated heterocycles. The molecule has 1 aromatic heterocycles. The molecule has 17 heavy (non-hydrogen) atoms. The maximum Gasteiger partial charge on any atom is 0.0720 e. The van der Waals surface area contributed by atoms with Crippen molar-refractivity contribution < 1.29 is 0 Å². The van der Waals surface area contributed by atoms with Crippen molar-refractivity contribution in [1.29, 1.82) is 0 Å². The minimum absolute atomic E-state index is 0.749. The molecule has 0 aliphatic carbocycles. The summed E-state index contributed by atoms with van der Waals surface area (Å²) in [4.78, 5) is 4.46. The molecule has 1 heterocycles. The van der Waals surface area contributed by atoms with Crippen LogP contribution >= 0.6 is 11.6 Å². The number of halogens is 1. The molecule has 0 aliphatic rings. The van der Waals surface area contributed by atoms with Gasteiger partial charge in [-0.2, -0.15) is 0 Å². The fourth-order valence-corrected chi connectivity index (χ4v) is 1.74. The van der Waals surface area contributed by atoms with Crippen molar-refractivity contribution in [2.45, 2.75) is 27.7 Å². The van der Waals surface area contributed by atoms with Crippen LogP contribution in [-0.4, -0.2) is 4.98 Å². The highest BCUT2D eigenvalue weighted by atomic mass is 35.5. The van der Waals surface area contributed by atoms with Crippen molar-refractivity contribution >= 4 is 11.6 Å². The Balaban J connectivity index is 0.000000686. The van der Waals surface area contributed by atoms with E-state index < -0.39 is 0 Å². The van der Waals surface area contributed by atoms with Gasteiger partial charge in [-0.25, -0.2) is 0 Å². The van der Waals surface area contributed by atoms with Crippen LogP contribution in [0.2, 0.25) is 5.02 Å². The Hall–Kier alpha value is -1.34. The normalized spacial score (nSPS) is 9.47. The summed E-state index contributed by atoms with van der Waals surface area (Å²) in [5.41, 5.74) is 4.13. The van der Waals surface area contributed by atoms with E-state index in [0.717, 1.165) is 22.0 Å². The molecule has 1 aromatic carbocycles. The number of hydrogen-bond donors (Lipinski definition) is 0. The first-order valence-electron chi connectivity index (χ1n) is 5.87. The van der Waals surface area contributed by atoms with E-state index in [-0.39, 0.29) is 0 Å². The van der Waals surface area contributed by atoms with Gasteiger partial charge >= 0.3 is 0 Å². The number of aryl methyl sites for hydroxylation is 2. The molecule has 2 rings (SSSR count). The van der Waals surface area contributed by atoms with Gasteiger partial charge in [0.1, 0.15) is 0 Å². The highest BCUT2D eigenvalue weighted by Crippen LogP contribution is 2.27. The minimum atomic E-state index is 0.749. The number of aromatic nitrogens is 1.